The summed E-state index contributed by atoms with van der Waals surface area (Å²) in [6.07, 6.45) is 2.48. The first-order chi connectivity index (χ1) is 9.72. The molecule has 1 unspecified atom stereocenters. The van der Waals surface area contributed by atoms with E-state index in [1.165, 1.54) is 0 Å². The summed E-state index contributed by atoms with van der Waals surface area (Å²) in [6.45, 7) is 3.82. The Morgan fingerprint density at radius 3 is 2.85 bits per heavy atom. The average Bonchev–Trinajstić information content (AvgIpc) is 3.09. The van der Waals surface area contributed by atoms with E-state index in [0.29, 0.717) is 6.42 Å². The van der Waals surface area contributed by atoms with Gasteiger partial charge in [0.25, 0.3) is 0 Å². The van der Waals surface area contributed by atoms with Crippen molar-refractivity contribution in [1.29, 1.82) is 0 Å². The molecule has 1 aromatic carbocycles. The molecule has 2 heterocycles. The van der Waals surface area contributed by atoms with Gasteiger partial charge in [-0.15, -0.1) is 0 Å². The standard InChI is InChI=1S/C15H19NO4/c1-11(20-15(17)16-6-2-3-7-16)8-12-4-5-13-14(9-12)19-10-18-13/h4-5,9,11H,2-3,6-8,10H2,1H3. The molecular weight excluding hydrogens is 258 g/mol. The number of carbonyl (C=O) groups excluding carboxylic acids is 1. The van der Waals surface area contributed by atoms with Crippen LogP contribution in [0.5, 0.6) is 11.5 Å². The van der Waals surface area contributed by atoms with Gasteiger partial charge in [0.1, 0.15) is 6.10 Å². The molecule has 1 saturated heterocycles. The van der Waals surface area contributed by atoms with Crippen molar-refractivity contribution >= 4 is 6.09 Å². The lowest BCUT2D eigenvalue weighted by Crippen LogP contribution is -2.31. The summed E-state index contributed by atoms with van der Waals surface area (Å²) in [4.78, 5) is 13.7. The van der Waals surface area contributed by atoms with Crippen LogP contribution in [-0.4, -0.2) is 37.0 Å². The SMILES string of the molecule is CC(Cc1ccc2c(c1)OCO2)OC(=O)N1CCCC1. The largest absolute Gasteiger partial charge is 0.454 e. The number of ether oxygens (including phenoxy) is 3. The van der Waals surface area contributed by atoms with E-state index in [1.807, 2.05) is 25.1 Å². The maximum atomic E-state index is 11.9. The summed E-state index contributed by atoms with van der Waals surface area (Å²) < 4.78 is 16.1. The quantitative estimate of drug-likeness (QED) is 0.852. The number of nitrogens with zero attached hydrogens (tertiary/aromatic N) is 1. The summed E-state index contributed by atoms with van der Waals surface area (Å²) in [5, 5.41) is 0. The molecule has 0 spiro atoms. The monoisotopic (exact) mass is 277 g/mol. The van der Waals surface area contributed by atoms with Crippen LogP contribution in [0.25, 0.3) is 0 Å². The van der Waals surface area contributed by atoms with E-state index in [9.17, 15) is 4.79 Å². The summed E-state index contributed by atoms with van der Waals surface area (Å²) in [5.74, 6) is 1.54. The fraction of sp³-hybridized carbons (Fsp3) is 0.533. The Labute approximate surface area is 118 Å². The van der Waals surface area contributed by atoms with Crippen LogP contribution in [0.3, 0.4) is 0 Å². The van der Waals surface area contributed by atoms with E-state index in [2.05, 4.69) is 0 Å². The second-order valence-electron chi connectivity index (χ2n) is 5.28. The molecule has 1 aromatic rings. The van der Waals surface area contributed by atoms with Crippen LogP contribution in [0, 0.1) is 0 Å². The average molecular weight is 277 g/mol. The maximum absolute atomic E-state index is 11.9. The van der Waals surface area contributed by atoms with Crippen LogP contribution in [0.15, 0.2) is 18.2 Å². The summed E-state index contributed by atoms with van der Waals surface area (Å²) in [7, 11) is 0. The van der Waals surface area contributed by atoms with E-state index in [0.717, 1.165) is 43.0 Å². The van der Waals surface area contributed by atoms with Gasteiger partial charge in [-0.1, -0.05) is 6.07 Å². The van der Waals surface area contributed by atoms with Crippen molar-refractivity contribution in [3.05, 3.63) is 23.8 Å². The molecule has 1 amide bonds. The van der Waals surface area contributed by atoms with Gasteiger partial charge < -0.3 is 19.1 Å². The number of likely N-dealkylation sites (tertiary alicyclic amines) is 1. The van der Waals surface area contributed by atoms with Crippen LogP contribution in [0.1, 0.15) is 25.3 Å². The summed E-state index contributed by atoms with van der Waals surface area (Å²) >= 11 is 0. The zero-order chi connectivity index (χ0) is 13.9. The molecule has 0 bridgehead atoms. The Balaban J connectivity index is 1.55. The molecule has 2 aliphatic rings. The van der Waals surface area contributed by atoms with E-state index in [1.54, 1.807) is 4.90 Å². The highest BCUT2D eigenvalue weighted by Gasteiger charge is 2.21. The number of hydrogen-bond donors (Lipinski definition) is 0. The van der Waals surface area contributed by atoms with E-state index >= 15 is 0 Å². The fourth-order valence-corrected chi connectivity index (χ4v) is 2.59. The Hall–Kier alpha value is -1.91. The number of amides is 1. The smallest absolute Gasteiger partial charge is 0.410 e. The van der Waals surface area contributed by atoms with E-state index < -0.39 is 0 Å². The van der Waals surface area contributed by atoms with Gasteiger partial charge in [0.2, 0.25) is 6.79 Å². The summed E-state index contributed by atoms with van der Waals surface area (Å²) in [5.41, 5.74) is 1.08. The topological polar surface area (TPSA) is 48.0 Å². The molecule has 0 radical (unpaired) electrons. The minimum atomic E-state index is -0.198. The molecule has 3 rings (SSSR count). The zero-order valence-electron chi connectivity index (χ0n) is 11.6. The fourth-order valence-electron chi connectivity index (χ4n) is 2.59. The van der Waals surface area contributed by atoms with Crippen molar-refractivity contribution in [2.24, 2.45) is 0 Å². The van der Waals surface area contributed by atoms with Gasteiger partial charge in [-0.2, -0.15) is 0 Å². The predicted octanol–water partition coefficient (Wildman–Crippen LogP) is 2.58. The van der Waals surface area contributed by atoms with Crippen LogP contribution in [0.4, 0.5) is 4.79 Å². The van der Waals surface area contributed by atoms with Gasteiger partial charge in [-0.25, -0.2) is 4.79 Å². The van der Waals surface area contributed by atoms with Crippen molar-refractivity contribution in [2.45, 2.75) is 32.3 Å². The van der Waals surface area contributed by atoms with Crippen LogP contribution >= 0.6 is 0 Å². The van der Waals surface area contributed by atoms with Crippen molar-refractivity contribution in [3.8, 4) is 11.5 Å². The molecule has 5 heteroatoms. The highest BCUT2D eigenvalue weighted by atomic mass is 16.7. The molecule has 1 fully saturated rings. The van der Waals surface area contributed by atoms with Gasteiger partial charge in [0.15, 0.2) is 11.5 Å². The van der Waals surface area contributed by atoms with Crippen molar-refractivity contribution in [3.63, 3.8) is 0 Å². The third-order valence-electron chi connectivity index (χ3n) is 3.63. The molecular formula is C15H19NO4. The van der Waals surface area contributed by atoms with Gasteiger partial charge in [0.05, 0.1) is 0 Å². The molecule has 0 N–H and O–H groups in total. The first kappa shape index (κ1) is 13.1. The van der Waals surface area contributed by atoms with Gasteiger partial charge in [-0.05, 0) is 37.5 Å². The van der Waals surface area contributed by atoms with Crippen molar-refractivity contribution in [1.82, 2.24) is 4.90 Å². The van der Waals surface area contributed by atoms with E-state index in [-0.39, 0.29) is 19.0 Å². The van der Waals surface area contributed by atoms with Crippen molar-refractivity contribution in [2.75, 3.05) is 19.9 Å². The molecule has 0 aromatic heterocycles. The highest BCUT2D eigenvalue weighted by molar-refractivity contribution is 5.68. The normalized spacial score (nSPS) is 18.1. The molecule has 5 nitrogen and oxygen atoms in total. The maximum Gasteiger partial charge on any atom is 0.410 e. The highest BCUT2D eigenvalue weighted by Crippen LogP contribution is 2.32. The predicted molar refractivity (Wildman–Crippen MR) is 73.0 cm³/mol. The lowest BCUT2D eigenvalue weighted by molar-refractivity contribution is 0.0765. The van der Waals surface area contributed by atoms with Crippen molar-refractivity contribution < 1.29 is 19.0 Å². The summed E-state index contributed by atoms with van der Waals surface area (Å²) in [6, 6.07) is 5.82. The third kappa shape index (κ3) is 2.81. The zero-order valence-corrected chi connectivity index (χ0v) is 11.6. The molecule has 20 heavy (non-hydrogen) atoms. The van der Waals surface area contributed by atoms with Gasteiger partial charge in [-0.3, -0.25) is 0 Å². The van der Waals surface area contributed by atoms with Crippen LogP contribution in [0.2, 0.25) is 0 Å². The van der Waals surface area contributed by atoms with E-state index in [4.69, 9.17) is 14.2 Å². The number of carbonyl (C=O) groups is 1. The molecule has 108 valence electrons. The minimum absolute atomic E-state index is 0.150. The minimum Gasteiger partial charge on any atom is -0.454 e. The number of hydrogen-bond acceptors (Lipinski definition) is 4. The first-order valence-corrected chi connectivity index (χ1v) is 7.06. The lowest BCUT2D eigenvalue weighted by atomic mass is 10.1. The second-order valence-corrected chi connectivity index (χ2v) is 5.28. The molecule has 1 atom stereocenters. The number of benzene rings is 1. The number of rotatable bonds is 3. The third-order valence-corrected chi connectivity index (χ3v) is 3.63. The Morgan fingerprint density at radius 2 is 2.05 bits per heavy atom. The Morgan fingerprint density at radius 1 is 1.30 bits per heavy atom. The molecule has 0 saturated carbocycles. The molecule has 0 aliphatic carbocycles. The Kier molecular flexibility index (Phi) is 3.67. The number of fused-ring (bicyclic) bond motifs is 1. The van der Waals surface area contributed by atoms with Crippen LogP contribution in [-0.2, 0) is 11.2 Å². The lowest BCUT2D eigenvalue weighted by Gasteiger charge is -2.19. The second kappa shape index (κ2) is 5.61. The Bertz CT molecular complexity index is 497. The first-order valence-electron chi connectivity index (χ1n) is 7.06. The van der Waals surface area contributed by atoms with Gasteiger partial charge >= 0.3 is 6.09 Å². The van der Waals surface area contributed by atoms with Crippen LogP contribution < -0.4 is 9.47 Å². The molecule has 2 aliphatic heterocycles. The van der Waals surface area contributed by atoms with Gasteiger partial charge in [0, 0.05) is 19.5 Å².